The third kappa shape index (κ3) is 2.76. The van der Waals surface area contributed by atoms with Crippen LogP contribution in [0.25, 0.3) is 33.6 Å². The molecule has 4 aromatic rings. The van der Waals surface area contributed by atoms with Crippen LogP contribution in [0.2, 0.25) is 5.02 Å². The highest BCUT2D eigenvalue weighted by atomic mass is 35.5. The summed E-state index contributed by atoms with van der Waals surface area (Å²) in [5.41, 5.74) is 1.90. The molecule has 0 aromatic carbocycles. The zero-order chi connectivity index (χ0) is 22.1. The molecule has 3 aliphatic rings. The van der Waals surface area contributed by atoms with Crippen LogP contribution in [0, 0.1) is 30.5 Å². The van der Waals surface area contributed by atoms with Gasteiger partial charge in [-0.25, -0.2) is 19.3 Å². The van der Waals surface area contributed by atoms with E-state index in [1.54, 1.807) is 17.6 Å². The average molecular weight is 455 g/mol. The molecule has 2 bridgehead atoms. The second kappa shape index (κ2) is 6.96. The van der Waals surface area contributed by atoms with Gasteiger partial charge in [-0.15, -0.1) is 0 Å². The Labute approximate surface area is 186 Å². The molecule has 8 nitrogen and oxygen atoms in total. The fourth-order valence-electron chi connectivity index (χ4n) is 5.82. The second-order valence-corrected chi connectivity index (χ2v) is 9.30. The van der Waals surface area contributed by atoms with E-state index in [0.717, 1.165) is 25.7 Å². The lowest BCUT2D eigenvalue weighted by Gasteiger charge is -2.47. The number of rotatable bonds is 3. The highest BCUT2D eigenvalue weighted by molar-refractivity contribution is 6.31. The van der Waals surface area contributed by atoms with Crippen LogP contribution in [0.4, 0.5) is 4.39 Å². The number of nitrogens with one attached hydrogen (secondary N) is 1. The van der Waals surface area contributed by atoms with E-state index in [9.17, 15) is 9.90 Å². The molecule has 0 aliphatic heterocycles. The van der Waals surface area contributed by atoms with Gasteiger partial charge >= 0.3 is 5.97 Å². The number of aromatic nitrogens is 6. The first-order valence-corrected chi connectivity index (χ1v) is 11.1. The number of hydrogen-bond donors (Lipinski definition) is 2. The van der Waals surface area contributed by atoms with E-state index in [2.05, 4.69) is 20.2 Å². The first kappa shape index (κ1) is 19.6. The minimum Gasteiger partial charge on any atom is -0.481 e. The summed E-state index contributed by atoms with van der Waals surface area (Å²) < 4.78 is 16.8. The number of carboxylic acids is 1. The third-order valence-corrected chi connectivity index (χ3v) is 7.39. The number of nitrogens with zero attached hydrogens (tertiary/aromatic N) is 5. The molecule has 0 radical (unpaired) electrons. The smallest absolute Gasteiger partial charge is 0.308 e. The van der Waals surface area contributed by atoms with Gasteiger partial charge in [-0.3, -0.25) is 9.89 Å². The van der Waals surface area contributed by atoms with Gasteiger partial charge in [-0.05, 0) is 50.5 Å². The average Bonchev–Trinajstić information content (AvgIpc) is 3.34. The molecule has 7 rings (SSSR count). The van der Waals surface area contributed by atoms with E-state index in [1.807, 2.05) is 0 Å². The SMILES string of the molecule is Cc1nc(-c2[nH]nc3ncc(Cl)cc23)nc2c1c(F)cn2[C@H]1C2CCC(CC2)[C@@H]1C(=O)O. The number of H-pyrrole nitrogens is 1. The quantitative estimate of drug-likeness (QED) is 0.470. The second-order valence-electron chi connectivity index (χ2n) is 8.87. The number of fused-ring (bicyclic) bond motifs is 5. The molecule has 2 N–H and O–H groups in total. The van der Waals surface area contributed by atoms with E-state index in [0.29, 0.717) is 44.3 Å². The molecule has 0 spiro atoms. The summed E-state index contributed by atoms with van der Waals surface area (Å²) in [6.45, 7) is 1.73. The van der Waals surface area contributed by atoms with Gasteiger partial charge in [0.05, 0.1) is 33.4 Å². The number of pyridine rings is 1. The van der Waals surface area contributed by atoms with Gasteiger partial charge in [0, 0.05) is 12.4 Å². The largest absolute Gasteiger partial charge is 0.481 e. The van der Waals surface area contributed by atoms with E-state index in [-0.39, 0.29) is 17.9 Å². The molecule has 4 heterocycles. The fourth-order valence-corrected chi connectivity index (χ4v) is 5.98. The van der Waals surface area contributed by atoms with Crippen molar-refractivity contribution in [2.45, 2.75) is 38.6 Å². The van der Waals surface area contributed by atoms with Crippen molar-refractivity contribution in [3.05, 3.63) is 35.0 Å². The number of hydrogen-bond acceptors (Lipinski definition) is 5. The van der Waals surface area contributed by atoms with Crippen LogP contribution in [0.5, 0.6) is 0 Å². The normalized spacial score (nSPS) is 25.1. The van der Waals surface area contributed by atoms with Crippen molar-refractivity contribution in [1.82, 2.24) is 29.7 Å². The highest BCUT2D eigenvalue weighted by Crippen LogP contribution is 2.52. The summed E-state index contributed by atoms with van der Waals surface area (Å²) in [4.78, 5) is 25.6. The Balaban J connectivity index is 1.57. The molecule has 3 saturated carbocycles. The van der Waals surface area contributed by atoms with Crippen molar-refractivity contribution >= 4 is 39.6 Å². The Morgan fingerprint density at radius 3 is 2.75 bits per heavy atom. The summed E-state index contributed by atoms with van der Waals surface area (Å²) in [5.74, 6) is -1.17. The molecule has 0 saturated heterocycles. The molecule has 3 fully saturated rings. The van der Waals surface area contributed by atoms with Crippen LogP contribution in [-0.2, 0) is 4.79 Å². The van der Waals surface area contributed by atoms with Crippen molar-refractivity contribution in [2.24, 2.45) is 17.8 Å². The minimum absolute atomic E-state index is 0.107. The first-order chi connectivity index (χ1) is 15.4. The zero-order valence-corrected chi connectivity index (χ0v) is 18.0. The summed E-state index contributed by atoms with van der Waals surface area (Å²) >= 11 is 6.12. The number of carboxylic acid groups (broad SMARTS) is 1. The molecule has 2 atom stereocenters. The summed E-state index contributed by atoms with van der Waals surface area (Å²) in [6, 6.07) is 1.40. The molecular formula is C22H20ClFN6O2. The van der Waals surface area contributed by atoms with Crippen LogP contribution in [0.15, 0.2) is 18.5 Å². The fraction of sp³-hybridized carbons (Fsp3) is 0.409. The Hall–Kier alpha value is -3.07. The summed E-state index contributed by atoms with van der Waals surface area (Å²) in [5, 5.41) is 18.5. The molecule has 3 aliphatic carbocycles. The number of aryl methyl sites for hydroxylation is 1. The molecule has 10 heteroatoms. The maximum absolute atomic E-state index is 15.1. The number of halogens is 2. The maximum atomic E-state index is 15.1. The molecule has 0 amide bonds. The summed E-state index contributed by atoms with van der Waals surface area (Å²) in [7, 11) is 0. The van der Waals surface area contributed by atoms with Crippen molar-refractivity contribution in [1.29, 1.82) is 0 Å². The number of aliphatic carboxylic acids is 1. The monoisotopic (exact) mass is 454 g/mol. The van der Waals surface area contributed by atoms with Crippen LogP contribution < -0.4 is 0 Å². The maximum Gasteiger partial charge on any atom is 0.308 e. The van der Waals surface area contributed by atoms with E-state index < -0.39 is 17.7 Å². The lowest BCUT2D eigenvalue weighted by Crippen LogP contribution is -2.44. The van der Waals surface area contributed by atoms with Gasteiger partial charge in [0.1, 0.15) is 11.3 Å². The van der Waals surface area contributed by atoms with Crippen molar-refractivity contribution in [3.63, 3.8) is 0 Å². The van der Waals surface area contributed by atoms with Crippen molar-refractivity contribution in [2.75, 3.05) is 0 Å². The Morgan fingerprint density at radius 1 is 1.25 bits per heavy atom. The number of carbonyl (C=O) groups is 1. The van der Waals surface area contributed by atoms with Crippen LogP contribution in [0.1, 0.15) is 37.4 Å². The molecule has 164 valence electrons. The number of aromatic amines is 1. The molecule has 32 heavy (non-hydrogen) atoms. The van der Waals surface area contributed by atoms with Gasteiger partial charge in [0.15, 0.2) is 17.3 Å². The van der Waals surface area contributed by atoms with Crippen LogP contribution in [0.3, 0.4) is 0 Å². The Kier molecular flexibility index (Phi) is 4.27. The standard InChI is InChI=1S/C22H20ClFN6O2/c1-9-15-14(24)8-30(18-11-4-2-10(3-5-11)16(18)22(31)32)21(15)27-20(26-9)17-13-6-12(23)7-25-19(13)29-28-17/h6-8,10-11,16,18H,2-5H2,1H3,(H,31,32)(H,25,28,29)/t10?,11?,16-,18-/m0/s1. The molecule has 4 aromatic heterocycles. The van der Waals surface area contributed by atoms with E-state index in [4.69, 9.17) is 16.6 Å². The van der Waals surface area contributed by atoms with Crippen LogP contribution in [-0.4, -0.2) is 40.8 Å². The predicted octanol–water partition coefficient (Wildman–Crippen LogP) is 4.53. The van der Waals surface area contributed by atoms with E-state index in [1.165, 1.54) is 12.4 Å². The first-order valence-electron chi connectivity index (χ1n) is 10.7. The highest BCUT2D eigenvalue weighted by Gasteiger charge is 2.48. The minimum atomic E-state index is -0.821. The van der Waals surface area contributed by atoms with Crippen LogP contribution >= 0.6 is 11.6 Å². The van der Waals surface area contributed by atoms with Gasteiger partial charge in [0.25, 0.3) is 0 Å². The van der Waals surface area contributed by atoms with Gasteiger partial charge in [0.2, 0.25) is 0 Å². The predicted molar refractivity (Wildman–Crippen MR) is 116 cm³/mol. The van der Waals surface area contributed by atoms with Crippen molar-refractivity contribution in [3.8, 4) is 11.5 Å². The third-order valence-electron chi connectivity index (χ3n) is 7.19. The summed E-state index contributed by atoms with van der Waals surface area (Å²) in [6.07, 6.45) is 6.63. The Bertz CT molecular complexity index is 1390. The zero-order valence-electron chi connectivity index (χ0n) is 17.2. The van der Waals surface area contributed by atoms with Gasteiger partial charge in [-0.2, -0.15) is 5.10 Å². The lowest BCUT2D eigenvalue weighted by atomic mass is 9.61. The van der Waals surface area contributed by atoms with E-state index >= 15 is 4.39 Å². The van der Waals surface area contributed by atoms with Crippen molar-refractivity contribution < 1.29 is 14.3 Å². The molecule has 0 unspecified atom stereocenters. The van der Waals surface area contributed by atoms with Gasteiger partial charge < -0.3 is 9.67 Å². The molecular weight excluding hydrogens is 435 g/mol. The topological polar surface area (TPSA) is 110 Å². The lowest BCUT2D eigenvalue weighted by molar-refractivity contribution is -0.151. The van der Waals surface area contributed by atoms with Gasteiger partial charge in [-0.1, -0.05) is 11.6 Å². The Morgan fingerprint density at radius 2 is 2.00 bits per heavy atom.